The zero-order valence-corrected chi connectivity index (χ0v) is 23.6. The number of hydrogen-bond donors (Lipinski definition) is 3. The third-order valence-corrected chi connectivity index (χ3v) is 9.25. The van der Waals surface area contributed by atoms with Crippen molar-refractivity contribution in [3.05, 3.63) is 96.4 Å². The molecule has 3 N–H and O–H groups in total. The maximum Gasteiger partial charge on any atom is 0.243 e. The number of nitrogens with one attached hydrogen (secondary N) is 3. The number of rotatable bonds is 10. The van der Waals surface area contributed by atoms with Crippen LogP contribution in [-0.4, -0.2) is 46.8 Å². The molecule has 0 radical (unpaired) electrons. The van der Waals surface area contributed by atoms with Gasteiger partial charge in [-0.2, -0.15) is 9.29 Å². The molecule has 1 aliphatic carbocycles. The summed E-state index contributed by atoms with van der Waals surface area (Å²) in [6.45, 7) is 2.84. The second kappa shape index (κ2) is 12.5. The van der Waals surface area contributed by atoms with Crippen LogP contribution < -0.4 is 16.0 Å². The molecule has 40 heavy (non-hydrogen) atoms. The first-order valence-electron chi connectivity index (χ1n) is 13.5. The van der Waals surface area contributed by atoms with E-state index >= 15 is 0 Å². The number of benzene rings is 2. The Balaban J connectivity index is 1.15. The van der Waals surface area contributed by atoms with Gasteiger partial charge in [0.2, 0.25) is 16.0 Å². The summed E-state index contributed by atoms with van der Waals surface area (Å²) in [6.07, 6.45) is 8.80. The van der Waals surface area contributed by atoms with Crippen molar-refractivity contribution >= 4 is 33.2 Å². The van der Waals surface area contributed by atoms with Crippen molar-refractivity contribution in [3.8, 4) is 0 Å². The van der Waals surface area contributed by atoms with Crippen LogP contribution in [0.5, 0.6) is 0 Å². The second-order valence-corrected chi connectivity index (χ2v) is 12.2. The van der Waals surface area contributed by atoms with E-state index in [1.54, 1.807) is 56.0 Å². The summed E-state index contributed by atoms with van der Waals surface area (Å²) in [7, 11) is -1.92. The molecule has 1 fully saturated rings. The molecule has 9 nitrogen and oxygen atoms in total. The number of anilines is 4. The van der Waals surface area contributed by atoms with E-state index in [0.717, 1.165) is 37.9 Å². The number of hydrogen-bond acceptors (Lipinski definition) is 8. The summed E-state index contributed by atoms with van der Waals surface area (Å²) in [5.41, 5.74) is 4.02. The zero-order chi connectivity index (χ0) is 28.0. The summed E-state index contributed by atoms with van der Waals surface area (Å²) in [6, 6.07) is 21.0. The van der Waals surface area contributed by atoms with Gasteiger partial charge in [-0.15, -0.1) is 0 Å². The molecule has 5 rings (SSSR count). The average Bonchev–Trinajstić information content (AvgIpc) is 2.98. The summed E-state index contributed by atoms with van der Waals surface area (Å²) in [5.74, 6) is 1.07. The van der Waals surface area contributed by atoms with Gasteiger partial charge in [0.1, 0.15) is 5.82 Å². The van der Waals surface area contributed by atoms with Crippen molar-refractivity contribution < 1.29 is 8.42 Å². The van der Waals surface area contributed by atoms with Gasteiger partial charge in [-0.1, -0.05) is 17.7 Å². The third-order valence-electron chi connectivity index (χ3n) is 7.32. The second-order valence-electron chi connectivity index (χ2n) is 10.2. The normalized spacial score (nSPS) is 17.5. The smallest absolute Gasteiger partial charge is 0.243 e. The Labute approximate surface area is 236 Å². The van der Waals surface area contributed by atoms with E-state index in [0.29, 0.717) is 23.5 Å². The lowest BCUT2D eigenvalue weighted by Crippen LogP contribution is -2.43. The van der Waals surface area contributed by atoms with Crippen molar-refractivity contribution in [2.45, 2.75) is 56.1 Å². The van der Waals surface area contributed by atoms with E-state index in [4.69, 9.17) is 0 Å². The molecule has 10 heteroatoms. The number of pyridine rings is 1. The molecule has 0 atom stereocenters. The predicted molar refractivity (Wildman–Crippen MR) is 158 cm³/mol. The van der Waals surface area contributed by atoms with Gasteiger partial charge in [0, 0.05) is 55.6 Å². The highest BCUT2D eigenvalue weighted by Crippen LogP contribution is 2.28. The highest BCUT2D eigenvalue weighted by molar-refractivity contribution is 7.89. The van der Waals surface area contributed by atoms with E-state index in [1.807, 2.05) is 43.3 Å². The highest BCUT2D eigenvalue weighted by Gasteiger charge is 2.31. The quantitative estimate of drug-likeness (QED) is 0.238. The van der Waals surface area contributed by atoms with Gasteiger partial charge in [0.05, 0.1) is 4.90 Å². The molecule has 208 valence electrons. The first-order valence-corrected chi connectivity index (χ1v) is 14.9. The first kappa shape index (κ1) is 27.7. The van der Waals surface area contributed by atoms with Crippen LogP contribution in [0.25, 0.3) is 0 Å². The Kier molecular flexibility index (Phi) is 8.69. The minimum Gasteiger partial charge on any atom is -0.340 e. The van der Waals surface area contributed by atoms with Crippen molar-refractivity contribution in [1.82, 2.24) is 24.6 Å². The van der Waals surface area contributed by atoms with E-state index < -0.39 is 10.0 Å². The fourth-order valence-corrected chi connectivity index (χ4v) is 6.30. The van der Waals surface area contributed by atoms with Gasteiger partial charge in [0.25, 0.3) is 0 Å². The predicted octanol–water partition coefficient (Wildman–Crippen LogP) is 5.39. The van der Waals surface area contributed by atoms with Crippen molar-refractivity contribution in [3.63, 3.8) is 0 Å². The van der Waals surface area contributed by atoms with Gasteiger partial charge in [-0.25, -0.2) is 13.4 Å². The lowest BCUT2D eigenvalue weighted by molar-refractivity contribution is 0.248. The van der Waals surface area contributed by atoms with E-state index in [2.05, 4.69) is 30.9 Å². The van der Waals surface area contributed by atoms with Gasteiger partial charge in [-0.3, -0.25) is 4.98 Å². The summed E-state index contributed by atoms with van der Waals surface area (Å²) in [4.78, 5) is 13.1. The molecule has 1 saturated carbocycles. The fourth-order valence-electron chi connectivity index (χ4n) is 4.88. The van der Waals surface area contributed by atoms with Crippen LogP contribution in [0, 0.1) is 6.92 Å². The molecule has 0 unspecified atom stereocenters. The molecule has 0 aliphatic heterocycles. The van der Waals surface area contributed by atoms with Crippen molar-refractivity contribution in [2.24, 2.45) is 0 Å². The van der Waals surface area contributed by atoms with Crippen LogP contribution in [0.1, 0.15) is 36.8 Å². The molecule has 1 aliphatic rings. The maximum absolute atomic E-state index is 13.4. The zero-order valence-electron chi connectivity index (χ0n) is 22.8. The summed E-state index contributed by atoms with van der Waals surface area (Å²) < 4.78 is 28.3. The average molecular weight is 558 g/mol. The standard InChI is InChI=1S/C30H35N7O2S/c1-22-3-5-25(6-4-22)34-29-17-20-32-30(36-29)35-26-9-13-28(14-10-26)40(38,39)37(2)27-11-7-24(8-12-27)33-21-23-15-18-31-19-16-23/h3-6,9-10,13-20,24,27,33H,7-8,11-12,21H2,1-2H3,(H2,32,34,35,36). The Morgan fingerprint density at radius 2 is 1.48 bits per heavy atom. The molecule has 0 spiro atoms. The lowest BCUT2D eigenvalue weighted by Gasteiger charge is -2.34. The fraction of sp³-hybridized carbons (Fsp3) is 0.300. The van der Waals surface area contributed by atoms with Crippen molar-refractivity contribution in [2.75, 3.05) is 17.7 Å². The molecular formula is C30H35N7O2S. The van der Waals surface area contributed by atoms with Gasteiger partial charge in [0.15, 0.2) is 0 Å². The van der Waals surface area contributed by atoms with E-state index in [9.17, 15) is 8.42 Å². The van der Waals surface area contributed by atoms with Crippen molar-refractivity contribution in [1.29, 1.82) is 0 Å². The SMILES string of the molecule is Cc1ccc(Nc2ccnc(Nc3ccc(S(=O)(=O)N(C)C4CCC(NCc5ccncc5)CC4)cc3)n2)cc1. The van der Waals surface area contributed by atoms with Crippen LogP contribution in [-0.2, 0) is 16.6 Å². The largest absolute Gasteiger partial charge is 0.340 e. The molecule has 2 heterocycles. The maximum atomic E-state index is 13.4. The van der Waals surface area contributed by atoms with Gasteiger partial charge < -0.3 is 16.0 Å². The topological polar surface area (TPSA) is 112 Å². The minimum atomic E-state index is -3.61. The Morgan fingerprint density at radius 3 is 2.17 bits per heavy atom. The monoisotopic (exact) mass is 557 g/mol. The minimum absolute atomic E-state index is 0.0149. The lowest BCUT2D eigenvalue weighted by atomic mass is 9.91. The Hall–Kier alpha value is -3.86. The Morgan fingerprint density at radius 1 is 0.825 bits per heavy atom. The molecular weight excluding hydrogens is 522 g/mol. The molecule has 4 aromatic rings. The summed E-state index contributed by atoms with van der Waals surface area (Å²) >= 11 is 0. The first-order chi connectivity index (χ1) is 19.4. The van der Waals surface area contributed by atoms with Gasteiger partial charge in [-0.05, 0) is 92.8 Å². The van der Waals surface area contributed by atoms with Crippen LogP contribution >= 0.6 is 0 Å². The molecule has 0 amide bonds. The summed E-state index contributed by atoms with van der Waals surface area (Å²) in [5, 5.41) is 10.0. The van der Waals surface area contributed by atoms with Gasteiger partial charge >= 0.3 is 0 Å². The van der Waals surface area contributed by atoms with E-state index in [1.165, 1.54) is 15.4 Å². The number of nitrogens with zero attached hydrogens (tertiary/aromatic N) is 4. The number of sulfonamides is 1. The number of aromatic nitrogens is 3. The molecule has 0 bridgehead atoms. The van der Waals surface area contributed by atoms with Crippen LogP contribution in [0.15, 0.2) is 90.2 Å². The van der Waals surface area contributed by atoms with E-state index in [-0.39, 0.29) is 10.9 Å². The molecule has 0 saturated heterocycles. The molecule has 2 aromatic heterocycles. The van der Waals surface area contributed by atoms with Crippen LogP contribution in [0.4, 0.5) is 23.1 Å². The number of aryl methyl sites for hydroxylation is 1. The third kappa shape index (κ3) is 7.01. The Bertz CT molecular complexity index is 1490. The molecule has 2 aromatic carbocycles. The van der Waals surface area contributed by atoms with Crippen LogP contribution in [0.2, 0.25) is 0 Å². The highest BCUT2D eigenvalue weighted by atomic mass is 32.2. The van der Waals surface area contributed by atoms with Crippen LogP contribution in [0.3, 0.4) is 0 Å².